The molecule has 0 aliphatic heterocycles. The van der Waals surface area contributed by atoms with Gasteiger partial charge in [0.25, 0.3) is 0 Å². The molecule has 0 fully saturated rings. The topological polar surface area (TPSA) is 0 Å². The molecule has 0 saturated heterocycles. The molecule has 0 unspecified atom stereocenters. The second-order valence-electron chi connectivity index (χ2n) is 2.55. The Kier molecular flexibility index (Phi) is 3.90. The molecule has 0 heterocycles. The summed E-state index contributed by atoms with van der Waals surface area (Å²) in [5, 5.41) is 0. The van der Waals surface area contributed by atoms with Crippen LogP contribution in [0.2, 0.25) is 0 Å². The maximum Gasteiger partial charge on any atom is 0.130 e. The Morgan fingerprint density at radius 3 is 2.77 bits per heavy atom. The number of halogens is 3. The van der Waals surface area contributed by atoms with E-state index in [4.69, 9.17) is 11.6 Å². The molecular formula is C10H9ClF2. The van der Waals surface area contributed by atoms with Crippen molar-refractivity contribution in [1.82, 2.24) is 0 Å². The summed E-state index contributed by atoms with van der Waals surface area (Å²) in [6.45, 7) is 0. The van der Waals surface area contributed by atoms with Crippen molar-refractivity contribution in [3.8, 4) is 0 Å². The third kappa shape index (κ3) is 3.15. The minimum atomic E-state index is -0.438. The van der Waals surface area contributed by atoms with Crippen LogP contribution in [-0.4, -0.2) is 5.88 Å². The zero-order chi connectivity index (χ0) is 9.68. The lowest BCUT2D eigenvalue weighted by molar-refractivity contribution is 0.598. The summed E-state index contributed by atoms with van der Waals surface area (Å²) in [5.41, 5.74) is 0.255. The first-order valence-electron chi connectivity index (χ1n) is 3.91. The van der Waals surface area contributed by atoms with Crippen LogP contribution in [0.15, 0.2) is 24.3 Å². The Bertz CT molecular complexity index is 308. The smallest absolute Gasteiger partial charge is 0.130 e. The Labute approximate surface area is 80.8 Å². The van der Waals surface area contributed by atoms with Gasteiger partial charge in [-0.2, -0.15) is 0 Å². The first kappa shape index (κ1) is 10.2. The molecule has 70 valence electrons. The van der Waals surface area contributed by atoms with E-state index in [-0.39, 0.29) is 5.56 Å². The van der Waals surface area contributed by atoms with Crippen LogP contribution in [0, 0.1) is 11.6 Å². The van der Waals surface area contributed by atoms with Crippen molar-refractivity contribution in [2.24, 2.45) is 0 Å². The molecule has 0 aliphatic carbocycles. The molecule has 0 bridgehead atoms. The average molecular weight is 203 g/mol. The van der Waals surface area contributed by atoms with Gasteiger partial charge in [-0.1, -0.05) is 12.2 Å². The van der Waals surface area contributed by atoms with Gasteiger partial charge in [0, 0.05) is 11.4 Å². The Hall–Kier alpha value is -0.890. The van der Waals surface area contributed by atoms with E-state index in [1.807, 2.05) is 0 Å². The summed E-state index contributed by atoms with van der Waals surface area (Å²) in [6, 6.07) is 3.35. The van der Waals surface area contributed by atoms with Crippen LogP contribution >= 0.6 is 11.6 Å². The highest BCUT2D eigenvalue weighted by Crippen LogP contribution is 2.11. The van der Waals surface area contributed by atoms with Gasteiger partial charge in [-0.25, -0.2) is 8.78 Å². The third-order valence-electron chi connectivity index (χ3n) is 1.53. The van der Waals surface area contributed by atoms with E-state index >= 15 is 0 Å². The van der Waals surface area contributed by atoms with Gasteiger partial charge >= 0.3 is 0 Å². The van der Waals surface area contributed by atoms with E-state index in [9.17, 15) is 8.78 Å². The van der Waals surface area contributed by atoms with Gasteiger partial charge in [0.2, 0.25) is 0 Å². The zero-order valence-electron chi connectivity index (χ0n) is 6.93. The van der Waals surface area contributed by atoms with E-state index < -0.39 is 11.6 Å². The second kappa shape index (κ2) is 4.97. The summed E-state index contributed by atoms with van der Waals surface area (Å²) >= 11 is 5.42. The molecule has 1 aromatic rings. The van der Waals surface area contributed by atoms with E-state index in [1.165, 1.54) is 6.08 Å². The summed E-state index contributed by atoms with van der Waals surface area (Å²) < 4.78 is 25.6. The summed E-state index contributed by atoms with van der Waals surface area (Å²) in [6.07, 6.45) is 3.89. The quantitative estimate of drug-likeness (QED) is 0.657. The Morgan fingerprint density at radius 1 is 1.31 bits per heavy atom. The van der Waals surface area contributed by atoms with Gasteiger partial charge in [0.15, 0.2) is 0 Å². The molecular weight excluding hydrogens is 194 g/mol. The van der Waals surface area contributed by atoms with Crippen molar-refractivity contribution in [2.75, 3.05) is 5.88 Å². The maximum atomic E-state index is 12.9. The Balaban J connectivity index is 2.81. The van der Waals surface area contributed by atoms with Crippen molar-refractivity contribution in [1.29, 1.82) is 0 Å². The third-order valence-corrected chi connectivity index (χ3v) is 1.75. The van der Waals surface area contributed by atoms with E-state index in [0.717, 1.165) is 18.2 Å². The standard InChI is InChI=1S/C10H9ClF2/c11-6-2-1-3-8-7-9(12)4-5-10(8)13/h1,3-5,7H,2,6H2. The Morgan fingerprint density at radius 2 is 2.08 bits per heavy atom. The minimum Gasteiger partial charge on any atom is -0.207 e. The molecule has 0 radical (unpaired) electrons. The minimum absolute atomic E-state index is 0.255. The monoisotopic (exact) mass is 202 g/mol. The van der Waals surface area contributed by atoms with Crippen LogP contribution in [0.4, 0.5) is 8.78 Å². The molecule has 13 heavy (non-hydrogen) atoms. The fourth-order valence-electron chi connectivity index (χ4n) is 0.916. The number of allylic oxidation sites excluding steroid dienone is 1. The lowest BCUT2D eigenvalue weighted by atomic mass is 10.2. The zero-order valence-corrected chi connectivity index (χ0v) is 7.69. The van der Waals surface area contributed by atoms with Crippen molar-refractivity contribution >= 4 is 17.7 Å². The lowest BCUT2D eigenvalue weighted by Crippen LogP contribution is -1.83. The number of hydrogen-bond donors (Lipinski definition) is 0. The van der Waals surface area contributed by atoms with Gasteiger partial charge < -0.3 is 0 Å². The SMILES string of the molecule is Fc1ccc(F)c(C=CCCCl)c1. The van der Waals surface area contributed by atoms with Crippen molar-refractivity contribution in [3.63, 3.8) is 0 Å². The molecule has 1 aromatic carbocycles. The number of hydrogen-bond acceptors (Lipinski definition) is 0. The van der Waals surface area contributed by atoms with Crippen LogP contribution in [0.25, 0.3) is 6.08 Å². The van der Waals surface area contributed by atoms with Gasteiger partial charge in [-0.05, 0) is 24.6 Å². The molecule has 0 N–H and O–H groups in total. The number of benzene rings is 1. The molecule has 0 nitrogen and oxygen atoms in total. The highest BCUT2D eigenvalue weighted by Gasteiger charge is 1.98. The molecule has 0 amide bonds. The van der Waals surface area contributed by atoms with E-state index in [0.29, 0.717) is 12.3 Å². The van der Waals surface area contributed by atoms with Gasteiger partial charge in [-0.15, -0.1) is 11.6 Å². The highest BCUT2D eigenvalue weighted by molar-refractivity contribution is 6.17. The summed E-state index contributed by atoms with van der Waals surface area (Å²) in [4.78, 5) is 0. The van der Waals surface area contributed by atoms with Gasteiger partial charge in [0.05, 0.1) is 0 Å². The summed E-state index contributed by atoms with van der Waals surface area (Å²) in [5.74, 6) is -0.382. The first-order chi connectivity index (χ1) is 6.24. The molecule has 0 atom stereocenters. The fraction of sp³-hybridized carbons (Fsp3) is 0.200. The molecule has 0 aliphatic rings. The second-order valence-corrected chi connectivity index (χ2v) is 2.92. The van der Waals surface area contributed by atoms with Crippen LogP contribution in [0.3, 0.4) is 0 Å². The van der Waals surface area contributed by atoms with Crippen LogP contribution in [0.1, 0.15) is 12.0 Å². The molecule has 0 spiro atoms. The first-order valence-corrected chi connectivity index (χ1v) is 4.45. The fourth-order valence-corrected chi connectivity index (χ4v) is 1.04. The average Bonchev–Trinajstić information content (AvgIpc) is 2.11. The molecule has 1 rings (SSSR count). The van der Waals surface area contributed by atoms with Crippen molar-refractivity contribution < 1.29 is 8.78 Å². The maximum absolute atomic E-state index is 12.9. The largest absolute Gasteiger partial charge is 0.207 e. The van der Waals surface area contributed by atoms with Crippen molar-refractivity contribution in [2.45, 2.75) is 6.42 Å². The van der Waals surface area contributed by atoms with Crippen LogP contribution in [0.5, 0.6) is 0 Å². The lowest BCUT2D eigenvalue weighted by Gasteiger charge is -1.95. The van der Waals surface area contributed by atoms with E-state index in [2.05, 4.69) is 0 Å². The summed E-state index contributed by atoms with van der Waals surface area (Å²) in [7, 11) is 0. The van der Waals surface area contributed by atoms with Gasteiger partial charge in [0.1, 0.15) is 11.6 Å². The van der Waals surface area contributed by atoms with Crippen LogP contribution < -0.4 is 0 Å². The van der Waals surface area contributed by atoms with E-state index in [1.54, 1.807) is 6.08 Å². The van der Waals surface area contributed by atoms with Gasteiger partial charge in [-0.3, -0.25) is 0 Å². The number of rotatable bonds is 3. The van der Waals surface area contributed by atoms with Crippen LogP contribution in [-0.2, 0) is 0 Å². The predicted octanol–water partition coefficient (Wildman–Crippen LogP) is 3.61. The molecule has 0 aromatic heterocycles. The highest BCUT2D eigenvalue weighted by atomic mass is 35.5. The normalized spacial score (nSPS) is 11.0. The molecule has 3 heteroatoms. The molecule has 0 saturated carbocycles. The predicted molar refractivity (Wildman–Crippen MR) is 50.7 cm³/mol. The van der Waals surface area contributed by atoms with Crippen molar-refractivity contribution in [3.05, 3.63) is 41.5 Å². The number of alkyl halides is 1.